The Bertz CT molecular complexity index is 879. The summed E-state index contributed by atoms with van der Waals surface area (Å²) in [4.78, 5) is 52.2. The van der Waals surface area contributed by atoms with Crippen LogP contribution in [0.1, 0.15) is 54.4 Å². The molecule has 0 spiro atoms. The van der Waals surface area contributed by atoms with E-state index >= 15 is 0 Å². The summed E-state index contributed by atoms with van der Waals surface area (Å²) in [6.07, 6.45) is -2.63. The molecule has 0 unspecified atom stereocenters. The molecule has 184 valence electrons. The molecule has 0 aromatic rings. The molecule has 1 saturated heterocycles. The Morgan fingerprint density at radius 2 is 1.64 bits per heavy atom. The van der Waals surface area contributed by atoms with Crippen molar-refractivity contribution in [3.8, 4) is 0 Å². The zero-order chi connectivity index (χ0) is 25.1. The van der Waals surface area contributed by atoms with Crippen LogP contribution in [0.3, 0.4) is 0 Å². The van der Waals surface area contributed by atoms with Gasteiger partial charge in [0, 0.05) is 39.3 Å². The number of aliphatic hydroxyl groups excluding tert-OH is 1. The van der Waals surface area contributed by atoms with Gasteiger partial charge in [-0.05, 0) is 12.3 Å². The van der Waals surface area contributed by atoms with Crippen molar-refractivity contribution in [1.82, 2.24) is 0 Å². The van der Waals surface area contributed by atoms with Crippen molar-refractivity contribution in [3.05, 3.63) is 11.3 Å². The minimum atomic E-state index is -1.13. The van der Waals surface area contributed by atoms with Gasteiger partial charge in [0.25, 0.3) is 0 Å². The zero-order valence-corrected chi connectivity index (χ0v) is 21.1. The highest BCUT2D eigenvalue weighted by atomic mass is 79.9. The standard InChI is InChI=1S/C22H30BrNO9/c1-10(17-14(28)7-22(5,6)8-15(17)29)24-18-20(32-13(4)27)19(31-12(3)26)16(33-21(18)23)9-30-11(2)25/h16,18-21,28H,7-9H2,1-6H3/t16-,18+,19-,20-,21+/m1/s1. The van der Waals surface area contributed by atoms with Gasteiger partial charge in [-0.2, -0.15) is 0 Å². The first-order valence-electron chi connectivity index (χ1n) is 10.5. The summed E-state index contributed by atoms with van der Waals surface area (Å²) >= 11 is 3.36. The Morgan fingerprint density at radius 3 is 2.15 bits per heavy atom. The lowest BCUT2D eigenvalue weighted by Crippen LogP contribution is -2.59. The Hall–Kier alpha value is -2.27. The number of carbonyl (C=O) groups is 4. The molecule has 1 aliphatic heterocycles. The number of aliphatic imine (C=N–C) groups is 1. The van der Waals surface area contributed by atoms with E-state index in [2.05, 4.69) is 20.9 Å². The van der Waals surface area contributed by atoms with Crippen LogP contribution in [-0.2, 0) is 38.1 Å². The molecule has 10 nitrogen and oxygen atoms in total. The normalized spacial score (nSPS) is 30.0. The summed E-state index contributed by atoms with van der Waals surface area (Å²) < 4.78 is 21.7. The predicted molar refractivity (Wildman–Crippen MR) is 120 cm³/mol. The topological polar surface area (TPSA) is 138 Å². The summed E-state index contributed by atoms with van der Waals surface area (Å²) in [5.41, 5.74) is -0.0218. The highest BCUT2D eigenvalue weighted by molar-refractivity contribution is 9.09. The maximum Gasteiger partial charge on any atom is 0.303 e. The molecule has 0 saturated carbocycles. The van der Waals surface area contributed by atoms with Gasteiger partial charge in [0.2, 0.25) is 0 Å². The second kappa shape index (κ2) is 10.8. The van der Waals surface area contributed by atoms with Crippen LogP contribution in [-0.4, -0.2) is 70.5 Å². The van der Waals surface area contributed by atoms with Crippen LogP contribution in [0.25, 0.3) is 0 Å². The molecule has 11 heteroatoms. The van der Waals surface area contributed by atoms with Gasteiger partial charge in [0.1, 0.15) is 29.5 Å². The highest BCUT2D eigenvalue weighted by Gasteiger charge is 2.50. The van der Waals surface area contributed by atoms with Crippen molar-refractivity contribution < 1.29 is 43.2 Å². The number of ether oxygens (including phenoxy) is 4. The van der Waals surface area contributed by atoms with E-state index in [1.54, 1.807) is 6.92 Å². The average Bonchev–Trinajstić information content (AvgIpc) is 2.62. The van der Waals surface area contributed by atoms with Crippen LogP contribution < -0.4 is 0 Å². The van der Waals surface area contributed by atoms with Crippen LogP contribution in [0, 0.1) is 5.41 Å². The van der Waals surface area contributed by atoms with E-state index in [9.17, 15) is 24.3 Å². The molecular weight excluding hydrogens is 502 g/mol. The van der Waals surface area contributed by atoms with Crippen molar-refractivity contribution in [2.45, 2.75) is 83.8 Å². The number of aliphatic hydroxyl groups is 1. The number of esters is 3. The van der Waals surface area contributed by atoms with Gasteiger partial charge in [0.15, 0.2) is 18.0 Å². The van der Waals surface area contributed by atoms with Crippen molar-refractivity contribution in [2.24, 2.45) is 10.4 Å². The van der Waals surface area contributed by atoms with Gasteiger partial charge in [-0.1, -0.05) is 29.8 Å². The van der Waals surface area contributed by atoms with E-state index in [-0.39, 0.29) is 41.3 Å². The number of ketones is 1. The van der Waals surface area contributed by atoms with Crippen molar-refractivity contribution in [3.63, 3.8) is 0 Å². The Kier molecular flexibility index (Phi) is 8.81. The number of rotatable bonds is 6. The number of halogens is 1. The third kappa shape index (κ3) is 7.10. The lowest BCUT2D eigenvalue weighted by atomic mass is 9.75. The SMILES string of the molecule is CC(=O)OC[C@H]1O[C@H](Br)[C@@H](N=C(C)C2=C(O)CC(C)(C)CC2=O)[C@@H](OC(C)=O)[C@@H]1OC(C)=O. The summed E-state index contributed by atoms with van der Waals surface area (Å²) in [6, 6.07) is -0.935. The van der Waals surface area contributed by atoms with Crippen LogP contribution in [0.5, 0.6) is 0 Å². The lowest BCUT2D eigenvalue weighted by molar-refractivity contribution is -0.207. The molecule has 5 atom stereocenters. The molecule has 1 N–H and O–H groups in total. The Balaban J connectivity index is 2.46. The van der Waals surface area contributed by atoms with Gasteiger partial charge in [-0.15, -0.1) is 0 Å². The van der Waals surface area contributed by atoms with E-state index < -0.39 is 47.3 Å². The van der Waals surface area contributed by atoms with Gasteiger partial charge < -0.3 is 24.1 Å². The van der Waals surface area contributed by atoms with Crippen LogP contribution >= 0.6 is 15.9 Å². The number of carbonyl (C=O) groups excluding carboxylic acids is 4. The monoisotopic (exact) mass is 531 g/mol. The number of hydrogen-bond donors (Lipinski definition) is 1. The quantitative estimate of drug-likeness (QED) is 0.237. The van der Waals surface area contributed by atoms with Crippen LogP contribution in [0.15, 0.2) is 16.3 Å². The van der Waals surface area contributed by atoms with E-state index in [0.29, 0.717) is 6.42 Å². The van der Waals surface area contributed by atoms with Crippen molar-refractivity contribution in [2.75, 3.05) is 6.61 Å². The maximum absolute atomic E-state index is 12.7. The summed E-state index contributed by atoms with van der Waals surface area (Å²) in [5, 5.41) is 9.67. The second-order valence-electron chi connectivity index (χ2n) is 8.94. The first-order valence-corrected chi connectivity index (χ1v) is 11.4. The van der Waals surface area contributed by atoms with E-state index in [1.165, 1.54) is 20.8 Å². The minimum Gasteiger partial charge on any atom is -0.511 e. The molecule has 33 heavy (non-hydrogen) atoms. The molecule has 2 rings (SSSR count). The highest BCUT2D eigenvalue weighted by Crippen LogP contribution is 2.37. The fourth-order valence-electron chi connectivity index (χ4n) is 4.00. The molecule has 1 aliphatic carbocycles. The van der Waals surface area contributed by atoms with Gasteiger partial charge in [0.05, 0.1) is 5.57 Å². The summed E-state index contributed by atoms with van der Waals surface area (Å²) in [7, 11) is 0. The molecule has 1 heterocycles. The predicted octanol–water partition coefficient (Wildman–Crippen LogP) is 2.56. The molecule has 0 amide bonds. The number of Topliss-reactive ketones (excluding diaryl/α,β-unsaturated/α-hetero) is 1. The minimum absolute atomic E-state index is 0.0614. The molecule has 2 aliphatic rings. The van der Waals surface area contributed by atoms with Gasteiger partial charge >= 0.3 is 17.9 Å². The molecule has 0 aromatic carbocycles. The summed E-state index contributed by atoms with van der Waals surface area (Å²) in [6.45, 7) is 8.69. The fraction of sp³-hybridized carbons (Fsp3) is 0.682. The van der Waals surface area contributed by atoms with E-state index in [0.717, 1.165) is 0 Å². The molecule has 0 radical (unpaired) electrons. The number of allylic oxidation sites excluding steroid dienone is 2. The first kappa shape index (κ1) is 27.0. The third-order valence-electron chi connectivity index (χ3n) is 5.21. The molecule has 0 bridgehead atoms. The third-order valence-corrected chi connectivity index (χ3v) is 5.97. The van der Waals surface area contributed by atoms with Crippen molar-refractivity contribution >= 4 is 45.3 Å². The fourth-order valence-corrected chi connectivity index (χ4v) is 4.69. The average molecular weight is 532 g/mol. The number of hydrogen-bond acceptors (Lipinski definition) is 10. The summed E-state index contributed by atoms with van der Waals surface area (Å²) in [5.74, 6) is -2.19. The number of nitrogens with zero attached hydrogens (tertiary/aromatic N) is 1. The van der Waals surface area contributed by atoms with Gasteiger partial charge in [-0.25, -0.2) is 0 Å². The second-order valence-corrected chi connectivity index (χ2v) is 9.85. The lowest BCUT2D eigenvalue weighted by Gasteiger charge is -2.42. The van der Waals surface area contributed by atoms with E-state index in [4.69, 9.17) is 18.9 Å². The maximum atomic E-state index is 12.7. The molecule has 0 aromatic heterocycles. The largest absolute Gasteiger partial charge is 0.511 e. The molecule has 1 fully saturated rings. The molecular formula is C22H30BrNO9. The smallest absolute Gasteiger partial charge is 0.303 e. The zero-order valence-electron chi connectivity index (χ0n) is 19.5. The van der Waals surface area contributed by atoms with Crippen LogP contribution in [0.2, 0.25) is 0 Å². The van der Waals surface area contributed by atoms with Crippen LogP contribution in [0.4, 0.5) is 0 Å². The Labute approximate surface area is 200 Å². The first-order chi connectivity index (χ1) is 15.2. The van der Waals surface area contributed by atoms with Gasteiger partial charge in [-0.3, -0.25) is 24.2 Å². The Morgan fingerprint density at radius 1 is 1.06 bits per heavy atom. The van der Waals surface area contributed by atoms with Crippen molar-refractivity contribution in [1.29, 1.82) is 0 Å². The number of alkyl halides is 1. The van der Waals surface area contributed by atoms with E-state index in [1.807, 2.05) is 13.8 Å².